The number of thiophene rings is 1. The first-order valence-corrected chi connectivity index (χ1v) is 8.88. The smallest absolute Gasteiger partial charge is 0.339 e. The van der Waals surface area contributed by atoms with Gasteiger partial charge in [-0.25, -0.2) is 9.18 Å². The van der Waals surface area contributed by atoms with Gasteiger partial charge in [0.05, 0.1) is 5.56 Å². The Morgan fingerprint density at radius 3 is 2.72 bits per heavy atom. The van der Waals surface area contributed by atoms with Crippen LogP contribution in [-0.2, 0) is 17.6 Å². The summed E-state index contributed by atoms with van der Waals surface area (Å²) in [6, 6.07) is 5.75. The van der Waals surface area contributed by atoms with Crippen molar-refractivity contribution in [2.75, 3.05) is 5.32 Å². The highest BCUT2D eigenvalue weighted by atomic mass is 32.1. The number of halogens is 1. The summed E-state index contributed by atoms with van der Waals surface area (Å²) in [5.74, 6) is -1.23. The minimum absolute atomic E-state index is 0.218. The third kappa shape index (κ3) is 3.96. The van der Waals surface area contributed by atoms with Gasteiger partial charge in [0.25, 0.3) is 0 Å². The Kier molecular flexibility index (Phi) is 4.99. The van der Waals surface area contributed by atoms with Gasteiger partial charge in [0.15, 0.2) is 0 Å². The summed E-state index contributed by atoms with van der Waals surface area (Å²) in [6.07, 6.45) is 5.42. The number of carbonyl (C=O) groups is 2. The predicted octanol–water partition coefficient (Wildman–Crippen LogP) is 4.36. The van der Waals surface area contributed by atoms with Crippen LogP contribution in [0.25, 0.3) is 6.08 Å². The molecule has 130 valence electrons. The summed E-state index contributed by atoms with van der Waals surface area (Å²) in [5, 5.41) is 12.6. The second kappa shape index (κ2) is 7.19. The van der Waals surface area contributed by atoms with Crippen LogP contribution in [0.5, 0.6) is 0 Å². The maximum atomic E-state index is 12.9. The van der Waals surface area contributed by atoms with Crippen molar-refractivity contribution in [3.8, 4) is 0 Å². The van der Waals surface area contributed by atoms with Crippen molar-refractivity contribution in [2.24, 2.45) is 5.92 Å². The van der Waals surface area contributed by atoms with Crippen molar-refractivity contribution in [3.05, 3.63) is 57.7 Å². The number of benzene rings is 1. The largest absolute Gasteiger partial charge is 0.478 e. The zero-order valence-electron chi connectivity index (χ0n) is 13.7. The SMILES string of the molecule is CC1CCc2c(sc(NC(=O)/C=C/c3ccc(F)cc3)c2C(=O)O)C1. The van der Waals surface area contributed by atoms with Crippen LogP contribution in [0.2, 0.25) is 0 Å². The molecule has 1 aliphatic carbocycles. The molecule has 0 fully saturated rings. The van der Waals surface area contributed by atoms with Gasteiger partial charge in [-0.1, -0.05) is 19.1 Å². The van der Waals surface area contributed by atoms with Gasteiger partial charge < -0.3 is 10.4 Å². The fraction of sp³-hybridized carbons (Fsp3) is 0.263. The summed E-state index contributed by atoms with van der Waals surface area (Å²) in [4.78, 5) is 24.8. The van der Waals surface area contributed by atoms with Crippen molar-refractivity contribution >= 4 is 34.3 Å². The summed E-state index contributed by atoms with van der Waals surface area (Å²) < 4.78 is 12.9. The minimum Gasteiger partial charge on any atom is -0.478 e. The number of anilines is 1. The molecule has 0 bridgehead atoms. The van der Waals surface area contributed by atoms with E-state index in [1.54, 1.807) is 18.2 Å². The van der Waals surface area contributed by atoms with E-state index in [4.69, 9.17) is 0 Å². The molecule has 1 unspecified atom stereocenters. The zero-order valence-corrected chi connectivity index (χ0v) is 14.5. The third-order valence-electron chi connectivity index (χ3n) is 4.26. The lowest BCUT2D eigenvalue weighted by Crippen LogP contribution is -2.13. The lowest BCUT2D eigenvalue weighted by Gasteiger charge is -2.17. The van der Waals surface area contributed by atoms with Crippen molar-refractivity contribution in [2.45, 2.75) is 26.2 Å². The standard InChI is InChI=1S/C19H18FNO3S/c1-11-2-8-14-15(10-11)25-18(17(14)19(23)24)21-16(22)9-5-12-3-6-13(20)7-4-12/h3-7,9,11H,2,8,10H2,1H3,(H,21,22)(H,23,24)/b9-5+. The van der Waals surface area contributed by atoms with E-state index in [0.717, 1.165) is 29.7 Å². The molecule has 25 heavy (non-hydrogen) atoms. The Labute approximate surface area is 149 Å². The molecule has 0 radical (unpaired) electrons. The third-order valence-corrected chi connectivity index (χ3v) is 5.43. The number of fused-ring (bicyclic) bond motifs is 1. The van der Waals surface area contributed by atoms with Crippen molar-refractivity contribution in [3.63, 3.8) is 0 Å². The van der Waals surface area contributed by atoms with Crippen LogP contribution in [-0.4, -0.2) is 17.0 Å². The first kappa shape index (κ1) is 17.4. The van der Waals surface area contributed by atoms with Gasteiger partial charge in [0.1, 0.15) is 10.8 Å². The Balaban J connectivity index is 1.79. The van der Waals surface area contributed by atoms with Crippen LogP contribution in [0.4, 0.5) is 9.39 Å². The Bertz CT molecular complexity index is 839. The number of rotatable bonds is 4. The molecule has 1 amide bonds. The van der Waals surface area contributed by atoms with Crippen LogP contribution < -0.4 is 5.32 Å². The molecular weight excluding hydrogens is 341 g/mol. The average molecular weight is 359 g/mol. The highest BCUT2D eigenvalue weighted by Gasteiger charge is 2.27. The van der Waals surface area contributed by atoms with E-state index in [2.05, 4.69) is 12.2 Å². The fourth-order valence-electron chi connectivity index (χ4n) is 2.96. The molecule has 1 aromatic carbocycles. The molecule has 1 atom stereocenters. The summed E-state index contributed by atoms with van der Waals surface area (Å²) >= 11 is 1.35. The molecule has 0 saturated heterocycles. The number of carboxylic acids is 1. The molecule has 2 aromatic rings. The number of nitrogens with one attached hydrogen (secondary N) is 1. The molecular formula is C19H18FNO3S. The van der Waals surface area contributed by atoms with Crippen LogP contribution in [0.3, 0.4) is 0 Å². The number of hydrogen-bond acceptors (Lipinski definition) is 3. The molecule has 0 saturated carbocycles. The van der Waals surface area contributed by atoms with E-state index in [1.165, 1.54) is 29.5 Å². The lowest BCUT2D eigenvalue weighted by molar-refractivity contribution is -0.111. The van der Waals surface area contributed by atoms with Crippen LogP contribution in [0.15, 0.2) is 30.3 Å². The van der Waals surface area contributed by atoms with Crippen LogP contribution >= 0.6 is 11.3 Å². The minimum atomic E-state index is -1.01. The quantitative estimate of drug-likeness (QED) is 0.797. The summed E-state index contributed by atoms with van der Waals surface area (Å²) in [7, 11) is 0. The van der Waals surface area contributed by atoms with Crippen molar-refractivity contribution < 1.29 is 19.1 Å². The molecule has 0 aliphatic heterocycles. The maximum Gasteiger partial charge on any atom is 0.339 e. The zero-order chi connectivity index (χ0) is 18.0. The lowest BCUT2D eigenvalue weighted by atomic mass is 9.88. The first-order chi connectivity index (χ1) is 11.9. The normalized spacial score (nSPS) is 16.6. The Hall–Kier alpha value is -2.47. The van der Waals surface area contributed by atoms with Gasteiger partial charge in [-0.05, 0) is 54.5 Å². The van der Waals surface area contributed by atoms with E-state index in [1.807, 2.05) is 0 Å². The van der Waals surface area contributed by atoms with Gasteiger partial charge in [0.2, 0.25) is 5.91 Å². The number of carboxylic acid groups (broad SMARTS) is 1. The van der Waals surface area contributed by atoms with E-state index in [0.29, 0.717) is 16.5 Å². The topological polar surface area (TPSA) is 66.4 Å². The summed E-state index contributed by atoms with van der Waals surface area (Å²) in [6.45, 7) is 2.15. The monoisotopic (exact) mass is 359 g/mol. The molecule has 0 spiro atoms. The van der Waals surface area contributed by atoms with E-state index in [9.17, 15) is 19.1 Å². The highest BCUT2D eigenvalue weighted by Crippen LogP contribution is 2.39. The molecule has 1 aliphatic rings. The van der Waals surface area contributed by atoms with Crippen LogP contribution in [0, 0.1) is 11.7 Å². The number of hydrogen-bond donors (Lipinski definition) is 2. The van der Waals surface area contributed by atoms with Gasteiger partial charge in [-0.2, -0.15) is 0 Å². The molecule has 6 heteroatoms. The number of carbonyl (C=O) groups excluding carboxylic acids is 1. The number of aromatic carboxylic acids is 1. The van der Waals surface area contributed by atoms with Gasteiger partial charge in [0, 0.05) is 11.0 Å². The van der Waals surface area contributed by atoms with E-state index < -0.39 is 11.9 Å². The molecule has 1 heterocycles. The van der Waals surface area contributed by atoms with Gasteiger partial charge in [-0.3, -0.25) is 4.79 Å². The van der Waals surface area contributed by atoms with Gasteiger partial charge >= 0.3 is 5.97 Å². The van der Waals surface area contributed by atoms with Crippen LogP contribution in [0.1, 0.15) is 39.7 Å². The summed E-state index contributed by atoms with van der Waals surface area (Å²) in [5.41, 5.74) is 1.76. The second-order valence-electron chi connectivity index (χ2n) is 6.24. The van der Waals surface area contributed by atoms with Crippen molar-refractivity contribution in [1.29, 1.82) is 0 Å². The number of amides is 1. The Morgan fingerprint density at radius 2 is 2.04 bits per heavy atom. The first-order valence-electron chi connectivity index (χ1n) is 8.06. The fourth-order valence-corrected chi connectivity index (χ4v) is 4.37. The van der Waals surface area contributed by atoms with Crippen molar-refractivity contribution in [1.82, 2.24) is 0 Å². The average Bonchev–Trinajstić information content (AvgIpc) is 2.91. The van der Waals surface area contributed by atoms with E-state index >= 15 is 0 Å². The Morgan fingerprint density at radius 1 is 1.32 bits per heavy atom. The molecule has 3 rings (SSSR count). The highest BCUT2D eigenvalue weighted by molar-refractivity contribution is 7.17. The molecule has 1 aromatic heterocycles. The molecule has 4 nitrogen and oxygen atoms in total. The van der Waals surface area contributed by atoms with Gasteiger partial charge in [-0.15, -0.1) is 11.3 Å². The molecule has 2 N–H and O–H groups in total. The van der Waals surface area contributed by atoms with E-state index in [-0.39, 0.29) is 11.4 Å². The maximum absolute atomic E-state index is 12.9. The predicted molar refractivity (Wildman–Crippen MR) is 96.5 cm³/mol. The second-order valence-corrected chi connectivity index (χ2v) is 7.34.